The van der Waals surface area contributed by atoms with Crippen LogP contribution in [0.5, 0.6) is 0 Å². The normalized spacial score (nSPS) is 20.9. The number of nitrogens with zero attached hydrogens (tertiary/aromatic N) is 1. The lowest BCUT2D eigenvalue weighted by Crippen LogP contribution is -2.47. The Hall–Kier alpha value is -0.650. The van der Waals surface area contributed by atoms with E-state index in [0.29, 0.717) is 6.54 Å². The van der Waals surface area contributed by atoms with Crippen LogP contribution in [0.3, 0.4) is 0 Å². The van der Waals surface area contributed by atoms with Crippen LogP contribution in [0.25, 0.3) is 0 Å². The summed E-state index contributed by atoms with van der Waals surface area (Å²) in [6.45, 7) is 3.42. The average molecular weight is 204 g/mol. The zero-order valence-corrected chi connectivity index (χ0v) is 8.86. The molecule has 0 unspecified atom stereocenters. The molecule has 0 radical (unpaired) electrons. The van der Waals surface area contributed by atoms with Gasteiger partial charge in [0.15, 0.2) is 0 Å². The molecule has 0 aromatic rings. The lowest BCUT2D eigenvalue weighted by Gasteiger charge is -2.35. The van der Waals surface area contributed by atoms with Crippen LogP contribution in [0.2, 0.25) is 0 Å². The van der Waals surface area contributed by atoms with Gasteiger partial charge in [-0.1, -0.05) is 0 Å². The van der Waals surface area contributed by atoms with Crippen molar-refractivity contribution in [1.82, 2.24) is 4.90 Å². The Balaban J connectivity index is 0.000000364. The summed E-state index contributed by atoms with van der Waals surface area (Å²) in [6, 6.07) is 0. The fourth-order valence-electron chi connectivity index (χ4n) is 1.24. The summed E-state index contributed by atoms with van der Waals surface area (Å²) in [6.07, 6.45) is 1.64. The van der Waals surface area contributed by atoms with E-state index < -0.39 is 11.6 Å². The fraction of sp³-hybridized carbons (Fsp3) is 0.889. The Morgan fingerprint density at radius 2 is 1.86 bits per heavy atom. The van der Waals surface area contributed by atoms with Crippen LogP contribution < -0.4 is 5.73 Å². The molecule has 14 heavy (non-hydrogen) atoms. The number of piperidine rings is 1. The summed E-state index contributed by atoms with van der Waals surface area (Å²) in [5.41, 5.74) is 4.85. The number of nitrogens with two attached hydrogens (primary N) is 1. The molecule has 5 nitrogen and oxygen atoms in total. The molecule has 0 saturated carbocycles. The van der Waals surface area contributed by atoms with Crippen molar-refractivity contribution >= 4 is 5.97 Å². The van der Waals surface area contributed by atoms with E-state index in [4.69, 9.17) is 15.6 Å². The number of hydrogen-bond donors (Lipinski definition) is 3. The maximum absolute atomic E-state index is 9.65. The van der Waals surface area contributed by atoms with E-state index in [1.54, 1.807) is 0 Å². The second kappa shape index (κ2) is 5.95. The molecule has 0 spiro atoms. The first-order valence-electron chi connectivity index (χ1n) is 4.70. The molecule has 0 atom stereocenters. The maximum Gasteiger partial charge on any atom is 0.300 e. The Bertz CT molecular complexity index is 173. The Kier molecular flexibility index (Phi) is 5.68. The molecule has 1 aliphatic heterocycles. The van der Waals surface area contributed by atoms with E-state index in [1.807, 2.05) is 0 Å². The van der Waals surface area contributed by atoms with Crippen LogP contribution in [0.4, 0.5) is 0 Å². The van der Waals surface area contributed by atoms with Gasteiger partial charge in [0, 0.05) is 26.6 Å². The van der Waals surface area contributed by atoms with Gasteiger partial charge in [-0.2, -0.15) is 0 Å². The van der Waals surface area contributed by atoms with Crippen molar-refractivity contribution in [3.05, 3.63) is 0 Å². The third-order valence-corrected chi connectivity index (χ3v) is 2.30. The molecular formula is C9H20N2O3. The number of likely N-dealkylation sites (tertiary alicyclic amines) is 1. The Labute approximate surface area is 84.5 Å². The lowest BCUT2D eigenvalue weighted by atomic mass is 9.92. The van der Waals surface area contributed by atoms with Gasteiger partial charge >= 0.3 is 0 Å². The highest BCUT2D eigenvalue weighted by Gasteiger charge is 2.28. The van der Waals surface area contributed by atoms with Crippen molar-refractivity contribution in [1.29, 1.82) is 0 Å². The monoisotopic (exact) mass is 204 g/mol. The van der Waals surface area contributed by atoms with E-state index >= 15 is 0 Å². The zero-order valence-electron chi connectivity index (χ0n) is 8.86. The number of carboxylic acids is 1. The van der Waals surface area contributed by atoms with Gasteiger partial charge in [-0.15, -0.1) is 0 Å². The summed E-state index contributed by atoms with van der Waals surface area (Å²) < 4.78 is 0. The molecule has 1 rings (SSSR count). The largest absolute Gasteiger partial charge is 0.481 e. The molecule has 0 aromatic carbocycles. The number of carboxylic acid groups (broad SMARTS) is 1. The summed E-state index contributed by atoms with van der Waals surface area (Å²) in [5.74, 6) is -0.833. The van der Waals surface area contributed by atoms with E-state index in [2.05, 4.69) is 11.9 Å². The quantitative estimate of drug-likeness (QED) is 0.535. The molecule has 84 valence electrons. The van der Waals surface area contributed by atoms with Gasteiger partial charge in [-0.3, -0.25) is 4.79 Å². The highest BCUT2D eigenvalue weighted by Crippen LogP contribution is 2.19. The number of aliphatic carboxylic acids is 1. The van der Waals surface area contributed by atoms with E-state index in [9.17, 15) is 5.11 Å². The van der Waals surface area contributed by atoms with Crippen LogP contribution in [0.1, 0.15) is 19.8 Å². The molecule has 1 saturated heterocycles. The molecule has 5 heteroatoms. The van der Waals surface area contributed by atoms with Crippen molar-refractivity contribution < 1.29 is 15.0 Å². The second-order valence-corrected chi connectivity index (χ2v) is 3.75. The molecule has 0 aliphatic carbocycles. The Morgan fingerprint density at radius 1 is 1.50 bits per heavy atom. The molecule has 1 heterocycles. The van der Waals surface area contributed by atoms with Gasteiger partial charge in [-0.25, -0.2) is 0 Å². The molecule has 0 amide bonds. The van der Waals surface area contributed by atoms with Gasteiger partial charge < -0.3 is 20.8 Å². The highest BCUT2D eigenvalue weighted by molar-refractivity contribution is 5.62. The van der Waals surface area contributed by atoms with Crippen molar-refractivity contribution in [2.45, 2.75) is 25.4 Å². The van der Waals surface area contributed by atoms with Crippen LogP contribution in [-0.2, 0) is 4.79 Å². The smallest absolute Gasteiger partial charge is 0.300 e. The van der Waals surface area contributed by atoms with Gasteiger partial charge in [0.1, 0.15) is 0 Å². The van der Waals surface area contributed by atoms with E-state index in [1.165, 1.54) is 0 Å². The second-order valence-electron chi connectivity index (χ2n) is 3.75. The standard InChI is InChI=1S/C7H16N2O.C2H4O2/c1-9-4-2-7(10,6-8)3-5-9;1-2(3)4/h10H,2-6,8H2,1H3;1H3,(H,3,4). The number of hydrogen-bond acceptors (Lipinski definition) is 4. The number of aliphatic hydroxyl groups is 1. The molecule has 0 aromatic heterocycles. The van der Waals surface area contributed by atoms with Crippen molar-refractivity contribution in [2.75, 3.05) is 26.7 Å². The lowest BCUT2D eigenvalue weighted by molar-refractivity contribution is -0.134. The molecule has 0 bridgehead atoms. The summed E-state index contributed by atoms with van der Waals surface area (Å²) in [5, 5.41) is 17.1. The molecule has 4 N–H and O–H groups in total. The zero-order chi connectivity index (χ0) is 11.2. The van der Waals surface area contributed by atoms with Crippen LogP contribution in [0, 0.1) is 0 Å². The highest BCUT2D eigenvalue weighted by atomic mass is 16.4. The van der Waals surface area contributed by atoms with Gasteiger partial charge in [-0.05, 0) is 19.9 Å². The third-order valence-electron chi connectivity index (χ3n) is 2.30. The topological polar surface area (TPSA) is 86.8 Å². The first-order valence-corrected chi connectivity index (χ1v) is 4.70. The first kappa shape index (κ1) is 13.4. The predicted molar refractivity (Wildman–Crippen MR) is 54.0 cm³/mol. The fourth-order valence-corrected chi connectivity index (χ4v) is 1.24. The van der Waals surface area contributed by atoms with Crippen molar-refractivity contribution in [3.8, 4) is 0 Å². The van der Waals surface area contributed by atoms with E-state index in [0.717, 1.165) is 32.9 Å². The first-order chi connectivity index (χ1) is 6.39. The minimum atomic E-state index is -0.833. The molecule has 1 aliphatic rings. The van der Waals surface area contributed by atoms with Crippen molar-refractivity contribution in [2.24, 2.45) is 5.73 Å². The maximum atomic E-state index is 9.65. The van der Waals surface area contributed by atoms with Crippen LogP contribution in [-0.4, -0.2) is 53.4 Å². The van der Waals surface area contributed by atoms with Gasteiger partial charge in [0.25, 0.3) is 5.97 Å². The average Bonchev–Trinajstić information content (AvgIpc) is 2.10. The number of rotatable bonds is 1. The summed E-state index contributed by atoms with van der Waals surface area (Å²) in [7, 11) is 2.07. The van der Waals surface area contributed by atoms with Gasteiger partial charge in [0.2, 0.25) is 0 Å². The predicted octanol–water partition coefficient (Wildman–Crippen LogP) is -0.507. The van der Waals surface area contributed by atoms with Gasteiger partial charge in [0.05, 0.1) is 5.60 Å². The summed E-state index contributed by atoms with van der Waals surface area (Å²) >= 11 is 0. The minimum absolute atomic E-state index is 0.404. The van der Waals surface area contributed by atoms with E-state index in [-0.39, 0.29) is 0 Å². The SMILES string of the molecule is CC(=O)O.CN1CCC(O)(CN)CC1. The van der Waals surface area contributed by atoms with Crippen LogP contribution in [0.15, 0.2) is 0 Å². The van der Waals surface area contributed by atoms with Crippen LogP contribution >= 0.6 is 0 Å². The molecule has 1 fully saturated rings. The summed E-state index contributed by atoms with van der Waals surface area (Å²) in [4.78, 5) is 11.2. The minimum Gasteiger partial charge on any atom is -0.481 e. The number of carbonyl (C=O) groups is 1. The third kappa shape index (κ3) is 5.90. The van der Waals surface area contributed by atoms with Crippen molar-refractivity contribution in [3.63, 3.8) is 0 Å². The molecular weight excluding hydrogens is 184 g/mol. The Morgan fingerprint density at radius 3 is 2.14 bits per heavy atom.